The minimum Gasteiger partial charge on any atom is -0.481 e. The number of Topliss-reactive ketones (excluding diaryl/α,β-unsaturated/α-hetero) is 1. The van der Waals surface area contributed by atoms with Gasteiger partial charge in [0.1, 0.15) is 5.78 Å². The first-order valence-corrected chi connectivity index (χ1v) is 7.02. The summed E-state index contributed by atoms with van der Waals surface area (Å²) in [6.07, 6.45) is -1.19. The van der Waals surface area contributed by atoms with Crippen molar-refractivity contribution in [3.63, 3.8) is 0 Å². The second-order valence-corrected chi connectivity index (χ2v) is 5.04. The Morgan fingerprint density at radius 3 is 1.25 bits per heavy atom. The summed E-state index contributed by atoms with van der Waals surface area (Å²) in [6.45, 7) is 0.0305. The standard InChI is InChI=1S/C13H17N3O8/c1-8(17)2-5-14-11(22)15(6-3-9(18)19)13(24)16(12(14)23)7-4-10(20)21/h2-7H2,1H3,(H,18,19)(H,20,21). The summed E-state index contributed by atoms with van der Waals surface area (Å²) >= 11 is 0. The number of hydrogen-bond donors (Lipinski definition) is 2. The van der Waals surface area contributed by atoms with Crippen molar-refractivity contribution >= 4 is 17.7 Å². The summed E-state index contributed by atoms with van der Waals surface area (Å²) in [5.74, 6) is -2.79. The van der Waals surface area contributed by atoms with E-state index in [1.165, 1.54) is 6.92 Å². The highest BCUT2D eigenvalue weighted by molar-refractivity contribution is 5.75. The fourth-order valence-corrected chi connectivity index (χ4v) is 1.94. The summed E-state index contributed by atoms with van der Waals surface area (Å²) in [6, 6.07) is 0. The Bertz CT molecular complexity index is 689. The maximum absolute atomic E-state index is 12.2. The van der Waals surface area contributed by atoms with Gasteiger partial charge in [-0.2, -0.15) is 0 Å². The maximum Gasteiger partial charge on any atom is 0.336 e. The van der Waals surface area contributed by atoms with Gasteiger partial charge >= 0.3 is 29.0 Å². The molecule has 0 bridgehead atoms. The molecule has 0 unspecified atom stereocenters. The highest BCUT2D eigenvalue weighted by Crippen LogP contribution is 1.89. The molecular formula is C13H17N3O8. The van der Waals surface area contributed by atoms with E-state index in [0.29, 0.717) is 13.7 Å². The van der Waals surface area contributed by atoms with Gasteiger partial charge < -0.3 is 10.2 Å². The summed E-state index contributed by atoms with van der Waals surface area (Å²) in [7, 11) is 0. The van der Waals surface area contributed by atoms with E-state index in [2.05, 4.69) is 0 Å². The van der Waals surface area contributed by atoms with Crippen LogP contribution in [-0.4, -0.2) is 41.6 Å². The van der Waals surface area contributed by atoms with Crippen molar-refractivity contribution in [3.05, 3.63) is 31.5 Å². The van der Waals surface area contributed by atoms with E-state index in [1.54, 1.807) is 0 Å². The number of carboxylic acid groups (broad SMARTS) is 2. The second-order valence-electron chi connectivity index (χ2n) is 5.04. The van der Waals surface area contributed by atoms with Crippen molar-refractivity contribution in [1.82, 2.24) is 13.7 Å². The topological polar surface area (TPSA) is 158 Å². The summed E-state index contributed by atoms with van der Waals surface area (Å²) in [5.41, 5.74) is -3.13. The first kappa shape index (κ1) is 19.1. The number of rotatable bonds is 9. The number of carbonyl (C=O) groups excluding carboxylic acids is 1. The normalized spacial score (nSPS) is 10.5. The zero-order valence-corrected chi connectivity index (χ0v) is 12.9. The molecule has 24 heavy (non-hydrogen) atoms. The Morgan fingerprint density at radius 1 is 0.708 bits per heavy atom. The monoisotopic (exact) mass is 343 g/mol. The third-order valence-corrected chi connectivity index (χ3v) is 3.17. The molecule has 0 saturated heterocycles. The van der Waals surface area contributed by atoms with Crippen molar-refractivity contribution < 1.29 is 24.6 Å². The Hall–Kier alpha value is -2.98. The first-order chi connectivity index (χ1) is 11.1. The van der Waals surface area contributed by atoms with E-state index in [1.807, 2.05) is 0 Å². The van der Waals surface area contributed by atoms with Crippen LogP contribution in [0, 0.1) is 0 Å². The van der Waals surface area contributed by atoms with E-state index < -0.39 is 54.9 Å². The van der Waals surface area contributed by atoms with Gasteiger partial charge in [-0.3, -0.25) is 14.4 Å². The van der Waals surface area contributed by atoms with Gasteiger partial charge in [-0.05, 0) is 6.92 Å². The van der Waals surface area contributed by atoms with Crippen LogP contribution in [-0.2, 0) is 34.0 Å². The average Bonchev–Trinajstić information content (AvgIpc) is 2.45. The van der Waals surface area contributed by atoms with E-state index in [0.717, 1.165) is 0 Å². The van der Waals surface area contributed by atoms with Gasteiger partial charge in [-0.15, -0.1) is 0 Å². The van der Waals surface area contributed by atoms with E-state index in [4.69, 9.17) is 10.2 Å². The molecule has 0 aromatic carbocycles. The molecule has 11 heteroatoms. The number of carboxylic acids is 2. The lowest BCUT2D eigenvalue weighted by Crippen LogP contribution is -2.55. The Balaban J connectivity index is 3.45. The average molecular weight is 343 g/mol. The van der Waals surface area contributed by atoms with Crippen molar-refractivity contribution in [3.8, 4) is 0 Å². The quantitative estimate of drug-likeness (QED) is 0.526. The fourth-order valence-electron chi connectivity index (χ4n) is 1.94. The van der Waals surface area contributed by atoms with Crippen molar-refractivity contribution in [1.29, 1.82) is 0 Å². The van der Waals surface area contributed by atoms with Gasteiger partial charge in [0.15, 0.2) is 0 Å². The van der Waals surface area contributed by atoms with E-state index >= 15 is 0 Å². The Labute approximate surface area is 134 Å². The van der Waals surface area contributed by atoms with E-state index in [9.17, 15) is 28.8 Å². The molecule has 11 nitrogen and oxygen atoms in total. The minimum atomic E-state index is -1.25. The number of ketones is 1. The molecule has 0 spiro atoms. The predicted octanol–water partition coefficient (Wildman–Crippen LogP) is -1.90. The highest BCUT2D eigenvalue weighted by Gasteiger charge is 2.17. The number of hydrogen-bond acceptors (Lipinski definition) is 6. The zero-order valence-electron chi connectivity index (χ0n) is 12.9. The summed E-state index contributed by atoms with van der Waals surface area (Å²) in [5, 5.41) is 17.4. The van der Waals surface area contributed by atoms with Crippen LogP contribution in [0.2, 0.25) is 0 Å². The fraction of sp³-hybridized carbons (Fsp3) is 0.538. The molecule has 0 aliphatic rings. The van der Waals surface area contributed by atoms with Crippen molar-refractivity contribution in [2.45, 2.75) is 45.8 Å². The van der Waals surface area contributed by atoms with Crippen LogP contribution in [0.3, 0.4) is 0 Å². The molecule has 1 rings (SSSR count). The number of aliphatic carboxylic acids is 2. The SMILES string of the molecule is CC(=O)CCn1c(=O)n(CCC(=O)O)c(=O)n(CCC(=O)O)c1=O. The molecule has 0 radical (unpaired) electrons. The minimum absolute atomic E-state index is 0.134. The largest absolute Gasteiger partial charge is 0.481 e. The molecule has 1 aromatic heterocycles. The molecule has 2 N–H and O–H groups in total. The van der Waals surface area contributed by atoms with Crippen LogP contribution in [0.5, 0.6) is 0 Å². The third kappa shape index (κ3) is 4.76. The molecule has 0 aliphatic heterocycles. The maximum atomic E-state index is 12.2. The number of nitrogens with zero attached hydrogens (tertiary/aromatic N) is 3. The molecular weight excluding hydrogens is 326 g/mol. The van der Waals surface area contributed by atoms with Crippen LogP contribution in [0.15, 0.2) is 14.4 Å². The first-order valence-electron chi connectivity index (χ1n) is 7.02. The lowest BCUT2D eigenvalue weighted by atomic mass is 10.3. The molecule has 0 aliphatic carbocycles. The van der Waals surface area contributed by atoms with Crippen molar-refractivity contribution in [2.24, 2.45) is 0 Å². The van der Waals surface area contributed by atoms with E-state index in [-0.39, 0.29) is 18.7 Å². The Morgan fingerprint density at radius 2 is 1.00 bits per heavy atom. The van der Waals surface area contributed by atoms with Gasteiger partial charge in [0.05, 0.1) is 12.8 Å². The van der Waals surface area contributed by atoms with Crippen LogP contribution >= 0.6 is 0 Å². The molecule has 0 saturated carbocycles. The molecule has 132 valence electrons. The van der Waals surface area contributed by atoms with Gasteiger partial charge in [0.2, 0.25) is 0 Å². The van der Waals surface area contributed by atoms with Crippen LogP contribution in [0.25, 0.3) is 0 Å². The highest BCUT2D eigenvalue weighted by atomic mass is 16.4. The predicted molar refractivity (Wildman–Crippen MR) is 79.0 cm³/mol. The van der Waals surface area contributed by atoms with Gasteiger partial charge in [-0.1, -0.05) is 0 Å². The molecule has 1 aromatic rings. The molecule has 0 amide bonds. The van der Waals surface area contributed by atoms with Crippen LogP contribution < -0.4 is 17.1 Å². The van der Waals surface area contributed by atoms with Gasteiger partial charge in [-0.25, -0.2) is 28.1 Å². The number of aromatic nitrogens is 3. The van der Waals surface area contributed by atoms with Crippen LogP contribution in [0.1, 0.15) is 26.2 Å². The summed E-state index contributed by atoms with van der Waals surface area (Å²) in [4.78, 5) is 69.0. The number of carbonyl (C=O) groups is 3. The van der Waals surface area contributed by atoms with Gasteiger partial charge in [0.25, 0.3) is 0 Å². The molecule has 0 atom stereocenters. The van der Waals surface area contributed by atoms with Crippen molar-refractivity contribution in [2.75, 3.05) is 0 Å². The third-order valence-electron chi connectivity index (χ3n) is 3.17. The second kappa shape index (κ2) is 8.04. The van der Waals surface area contributed by atoms with Crippen LogP contribution in [0.4, 0.5) is 0 Å². The van der Waals surface area contributed by atoms with Gasteiger partial charge in [0, 0.05) is 26.1 Å². The molecule has 0 fully saturated rings. The lowest BCUT2D eigenvalue weighted by molar-refractivity contribution is -0.138. The zero-order chi connectivity index (χ0) is 18.4. The lowest BCUT2D eigenvalue weighted by Gasteiger charge is -2.12. The summed E-state index contributed by atoms with van der Waals surface area (Å²) < 4.78 is 1.74. The molecule has 1 heterocycles. The Kier molecular flexibility index (Phi) is 6.38. The smallest absolute Gasteiger partial charge is 0.336 e.